The third-order valence-electron chi connectivity index (χ3n) is 3.90. The molecule has 19 heavy (non-hydrogen) atoms. The Morgan fingerprint density at radius 2 is 2.05 bits per heavy atom. The van der Waals surface area contributed by atoms with Gasteiger partial charge in [0.25, 0.3) is 0 Å². The van der Waals surface area contributed by atoms with Gasteiger partial charge in [0.1, 0.15) is 17.6 Å². The maximum absolute atomic E-state index is 10.3. The molecule has 2 aromatic rings. The third-order valence-corrected chi connectivity index (χ3v) is 4.31. The summed E-state index contributed by atoms with van der Waals surface area (Å²) in [6.45, 7) is 4.15. The molecule has 3 rings (SSSR count). The van der Waals surface area contributed by atoms with Gasteiger partial charge < -0.3 is 9.52 Å². The van der Waals surface area contributed by atoms with Crippen LogP contribution in [0.3, 0.4) is 0 Å². The Morgan fingerprint density at radius 3 is 2.68 bits per heavy atom. The van der Waals surface area contributed by atoms with Gasteiger partial charge in [-0.1, -0.05) is 30.7 Å². The lowest BCUT2D eigenvalue weighted by Gasteiger charge is -2.09. The first kappa shape index (κ1) is 12.8. The Labute approximate surface area is 118 Å². The summed E-state index contributed by atoms with van der Waals surface area (Å²) in [6, 6.07) is 9.42. The van der Waals surface area contributed by atoms with Gasteiger partial charge in [0.05, 0.1) is 0 Å². The van der Waals surface area contributed by atoms with Crippen molar-refractivity contribution in [1.82, 2.24) is 0 Å². The van der Waals surface area contributed by atoms with Crippen molar-refractivity contribution in [3.63, 3.8) is 0 Å². The molecule has 1 N–H and O–H groups in total. The zero-order valence-electron chi connectivity index (χ0n) is 11.1. The minimum Gasteiger partial charge on any atom is -0.463 e. The minimum atomic E-state index is -0.749. The second-order valence-corrected chi connectivity index (χ2v) is 5.88. The van der Waals surface area contributed by atoms with Crippen LogP contribution in [0.15, 0.2) is 34.7 Å². The molecule has 0 aliphatic heterocycles. The van der Waals surface area contributed by atoms with E-state index in [1.165, 1.54) is 6.42 Å². The van der Waals surface area contributed by atoms with E-state index in [2.05, 4.69) is 6.92 Å². The van der Waals surface area contributed by atoms with Crippen LogP contribution in [0.25, 0.3) is 0 Å². The molecule has 1 aromatic carbocycles. The average Bonchev–Trinajstić information content (AvgIpc) is 2.93. The van der Waals surface area contributed by atoms with Crippen LogP contribution in [0.2, 0.25) is 5.02 Å². The molecule has 1 heterocycles. The number of benzene rings is 1. The van der Waals surface area contributed by atoms with Gasteiger partial charge in [-0.05, 0) is 48.6 Å². The topological polar surface area (TPSA) is 33.4 Å². The molecule has 0 saturated heterocycles. The summed E-state index contributed by atoms with van der Waals surface area (Å²) in [5.41, 5.74) is 1.77. The number of rotatable bonds is 3. The van der Waals surface area contributed by atoms with Gasteiger partial charge in [-0.2, -0.15) is 0 Å². The van der Waals surface area contributed by atoms with Gasteiger partial charge in [0.15, 0.2) is 0 Å². The van der Waals surface area contributed by atoms with Crippen LogP contribution in [-0.4, -0.2) is 5.11 Å². The highest BCUT2D eigenvalue weighted by atomic mass is 35.5. The Morgan fingerprint density at radius 1 is 1.32 bits per heavy atom. The van der Waals surface area contributed by atoms with Crippen LogP contribution >= 0.6 is 11.6 Å². The molecule has 0 amide bonds. The summed E-state index contributed by atoms with van der Waals surface area (Å²) in [6.07, 6.45) is 0.431. The number of hydrogen-bond donors (Lipinski definition) is 1. The first-order valence-corrected chi connectivity index (χ1v) is 6.98. The van der Waals surface area contributed by atoms with E-state index in [4.69, 9.17) is 16.0 Å². The quantitative estimate of drug-likeness (QED) is 0.899. The maximum Gasteiger partial charge on any atom is 0.137 e. The summed E-state index contributed by atoms with van der Waals surface area (Å²) in [7, 11) is 0. The van der Waals surface area contributed by atoms with Crippen LogP contribution in [0, 0.1) is 12.8 Å². The van der Waals surface area contributed by atoms with Crippen molar-refractivity contribution in [1.29, 1.82) is 0 Å². The van der Waals surface area contributed by atoms with Crippen LogP contribution in [0.4, 0.5) is 0 Å². The minimum absolute atomic E-state index is 0.530. The van der Waals surface area contributed by atoms with E-state index in [1.807, 2.05) is 31.2 Å². The first-order chi connectivity index (χ1) is 9.06. The Balaban J connectivity index is 1.84. The molecule has 3 atom stereocenters. The molecule has 0 bridgehead atoms. The van der Waals surface area contributed by atoms with Gasteiger partial charge in [-0.3, -0.25) is 0 Å². The van der Waals surface area contributed by atoms with E-state index < -0.39 is 6.10 Å². The summed E-state index contributed by atoms with van der Waals surface area (Å²) in [4.78, 5) is 0. The Bertz CT molecular complexity index is 603. The second kappa shape index (κ2) is 4.69. The van der Waals surface area contributed by atoms with Crippen molar-refractivity contribution in [3.05, 3.63) is 58.0 Å². The summed E-state index contributed by atoms with van der Waals surface area (Å²) in [5.74, 6) is 2.81. The van der Waals surface area contributed by atoms with E-state index in [0.717, 1.165) is 16.9 Å². The molecule has 1 fully saturated rings. The largest absolute Gasteiger partial charge is 0.463 e. The predicted molar refractivity (Wildman–Crippen MR) is 75.5 cm³/mol. The van der Waals surface area contributed by atoms with Gasteiger partial charge in [0.2, 0.25) is 0 Å². The highest BCUT2D eigenvalue weighted by molar-refractivity contribution is 6.31. The van der Waals surface area contributed by atoms with Crippen LogP contribution in [-0.2, 0) is 0 Å². The number of furan rings is 1. The van der Waals surface area contributed by atoms with Crippen molar-refractivity contribution in [2.75, 3.05) is 0 Å². The zero-order chi connectivity index (χ0) is 13.6. The highest BCUT2D eigenvalue weighted by Crippen LogP contribution is 2.47. The number of hydrogen-bond acceptors (Lipinski definition) is 2. The standard InChI is InChI=1S/C16H17ClO2/c1-9-3-4-11(8-13(9)17)16(18)15-6-5-14(19-15)12-7-10(12)2/h3-6,8,10,12,16,18H,7H2,1-2H3. The van der Waals surface area contributed by atoms with Crippen LogP contribution < -0.4 is 0 Å². The molecule has 2 nitrogen and oxygen atoms in total. The SMILES string of the molecule is Cc1ccc(C(O)c2ccc(C3CC3C)o2)cc1Cl. The molecule has 1 saturated carbocycles. The van der Waals surface area contributed by atoms with Gasteiger partial charge in [0, 0.05) is 10.9 Å². The van der Waals surface area contributed by atoms with Crippen molar-refractivity contribution in [3.8, 4) is 0 Å². The molecular weight excluding hydrogens is 260 g/mol. The summed E-state index contributed by atoms with van der Waals surface area (Å²) < 4.78 is 5.77. The van der Waals surface area contributed by atoms with Gasteiger partial charge in [-0.15, -0.1) is 0 Å². The van der Waals surface area contributed by atoms with Crippen molar-refractivity contribution in [2.45, 2.75) is 32.3 Å². The highest BCUT2D eigenvalue weighted by Gasteiger charge is 2.37. The van der Waals surface area contributed by atoms with E-state index in [1.54, 1.807) is 6.07 Å². The van der Waals surface area contributed by atoms with E-state index >= 15 is 0 Å². The number of aryl methyl sites for hydroxylation is 1. The summed E-state index contributed by atoms with van der Waals surface area (Å²) >= 11 is 6.09. The Kier molecular flexibility index (Phi) is 3.15. The lowest BCUT2D eigenvalue weighted by molar-refractivity contribution is 0.186. The Hall–Kier alpha value is -1.25. The van der Waals surface area contributed by atoms with E-state index in [0.29, 0.717) is 22.6 Å². The maximum atomic E-state index is 10.3. The molecule has 1 aliphatic rings. The average molecular weight is 277 g/mol. The lowest BCUT2D eigenvalue weighted by atomic mass is 10.1. The fourth-order valence-electron chi connectivity index (χ4n) is 2.38. The molecule has 100 valence electrons. The molecule has 0 radical (unpaired) electrons. The fourth-order valence-corrected chi connectivity index (χ4v) is 2.57. The number of aliphatic hydroxyl groups excluding tert-OH is 1. The zero-order valence-corrected chi connectivity index (χ0v) is 11.8. The fraction of sp³-hybridized carbons (Fsp3) is 0.375. The van der Waals surface area contributed by atoms with E-state index in [-0.39, 0.29) is 0 Å². The number of halogens is 1. The second-order valence-electron chi connectivity index (χ2n) is 5.47. The van der Waals surface area contributed by atoms with Gasteiger partial charge in [-0.25, -0.2) is 0 Å². The lowest BCUT2D eigenvalue weighted by Crippen LogP contribution is -1.98. The van der Waals surface area contributed by atoms with Crippen LogP contribution in [0.1, 0.15) is 48.0 Å². The predicted octanol–water partition coefficient (Wildman–Crippen LogP) is 4.45. The van der Waals surface area contributed by atoms with Crippen molar-refractivity contribution >= 4 is 11.6 Å². The normalized spacial score (nSPS) is 23.4. The van der Waals surface area contributed by atoms with Crippen LogP contribution in [0.5, 0.6) is 0 Å². The van der Waals surface area contributed by atoms with Crippen molar-refractivity contribution < 1.29 is 9.52 Å². The number of aliphatic hydroxyl groups is 1. The molecule has 3 heteroatoms. The smallest absolute Gasteiger partial charge is 0.137 e. The molecular formula is C16H17ClO2. The van der Waals surface area contributed by atoms with E-state index in [9.17, 15) is 5.11 Å². The molecule has 3 unspecified atom stereocenters. The monoisotopic (exact) mass is 276 g/mol. The third kappa shape index (κ3) is 2.43. The first-order valence-electron chi connectivity index (χ1n) is 6.60. The molecule has 1 aromatic heterocycles. The van der Waals surface area contributed by atoms with Gasteiger partial charge >= 0.3 is 0 Å². The molecule has 0 spiro atoms. The molecule has 1 aliphatic carbocycles. The van der Waals surface area contributed by atoms with Crippen molar-refractivity contribution in [2.24, 2.45) is 5.92 Å². The summed E-state index contributed by atoms with van der Waals surface area (Å²) in [5, 5.41) is 11.0.